The molecule has 6 atom stereocenters. The van der Waals surface area contributed by atoms with Gasteiger partial charge in [-0.05, 0) is 130 Å². The molecule has 30 heteroatoms. The van der Waals surface area contributed by atoms with Crippen molar-refractivity contribution in [3.05, 3.63) is 89.5 Å². The second-order valence-electron chi connectivity index (χ2n) is 19.9. The Morgan fingerprint density at radius 3 is 0.852 bits per heavy atom. The highest BCUT2D eigenvalue weighted by Gasteiger charge is 2.44. The molecular weight excluding hydrogens is 1130 g/mol. The van der Waals surface area contributed by atoms with Crippen LogP contribution in [0.1, 0.15) is 113 Å². The number of hydrogen-bond donors (Lipinski definition) is 6. The van der Waals surface area contributed by atoms with Gasteiger partial charge in [-0.3, -0.25) is 14.4 Å². The molecule has 3 amide bonds. The molecule has 0 saturated heterocycles. The highest BCUT2D eigenvalue weighted by molar-refractivity contribution is 5.78. The van der Waals surface area contributed by atoms with Crippen molar-refractivity contribution >= 4 is 17.7 Å². The van der Waals surface area contributed by atoms with Gasteiger partial charge in [-0.2, -0.15) is 26.3 Å². The van der Waals surface area contributed by atoms with Crippen LogP contribution in [0.2, 0.25) is 0 Å². The van der Waals surface area contributed by atoms with Crippen molar-refractivity contribution in [2.75, 3.05) is 19.8 Å². The molecule has 3 fully saturated rings. The summed E-state index contributed by atoms with van der Waals surface area (Å²) < 4.78 is 210. The zero-order valence-electron chi connectivity index (χ0n) is 43.3. The number of aliphatic hydroxyl groups is 3. The minimum absolute atomic E-state index is 0.0115. The van der Waals surface area contributed by atoms with Crippen LogP contribution in [0.25, 0.3) is 0 Å². The molecule has 6 N–H and O–H groups in total. The monoisotopic (exact) mass is 1190 g/mol. The molecule has 0 heterocycles. The summed E-state index contributed by atoms with van der Waals surface area (Å²) in [6, 6.07) is 10.4. The summed E-state index contributed by atoms with van der Waals surface area (Å²) in [4.78, 5) is 36.6. The first-order valence-electron chi connectivity index (χ1n) is 24.7. The van der Waals surface area contributed by atoms with Crippen molar-refractivity contribution in [2.45, 2.75) is 152 Å². The van der Waals surface area contributed by atoms with E-state index in [2.05, 4.69) is 44.4 Å². The molecule has 3 saturated carbocycles. The standard InChI is InChI=1S/3C17H20F5NO4/c3*1-16(25,11-5-6-11)8-14(24)23-13(9-26-15(18)19)10-3-2-4-12(7-10)27-17(20,21)22/h3*2-4,7,11,13,15,25H,5-6,8-9H2,1H3,(H,23,24)/t13-,16?;13-,16+;13-,16-/m000/s1. The molecule has 81 heavy (non-hydrogen) atoms. The van der Waals surface area contributed by atoms with E-state index in [1.807, 2.05) is 0 Å². The molecule has 3 aromatic carbocycles. The summed E-state index contributed by atoms with van der Waals surface area (Å²) in [5.41, 5.74) is -3.43. The van der Waals surface area contributed by atoms with E-state index in [0.29, 0.717) is 0 Å². The summed E-state index contributed by atoms with van der Waals surface area (Å²) in [7, 11) is 0. The summed E-state index contributed by atoms with van der Waals surface area (Å²) >= 11 is 0. The zero-order valence-corrected chi connectivity index (χ0v) is 43.3. The van der Waals surface area contributed by atoms with Crippen LogP contribution in [0, 0.1) is 17.8 Å². The van der Waals surface area contributed by atoms with Gasteiger partial charge in [0.25, 0.3) is 0 Å². The number of rotatable bonds is 27. The van der Waals surface area contributed by atoms with Crippen molar-refractivity contribution in [2.24, 2.45) is 17.8 Å². The Morgan fingerprint density at radius 2 is 0.667 bits per heavy atom. The van der Waals surface area contributed by atoms with Gasteiger partial charge in [-0.15, -0.1) is 39.5 Å². The third-order valence-electron chi connectivity index (χ3n) is 12.6. The van der Waals surface area contributed by atoms with Crippen molar-refractivity contribution in [3.8, 4) is 17.2 Å². The van der Waals surface area contributed by atoms with E-state index >= 15 is 0 Å². The summed E-state index contributed by atoms with van der Waals surface area (Å²) in [5.74, 6) is -3.58. The number of alkyl halides is 15. The van der Waals surface area contributed by atoms with Crippen LogP contribution in [0.15, 0.2) is 72.8 Å². The summed E-state index contributed by atoms with van der Waals surface area (Å²) in [6.07, 6.45) is -10.8. The van der Waals surface area contributed by atoms with E-state index in [4.69, 9.17) is 0 Å². The van der Waals surface area contributed by atoms with Crippen molar-refractivity contribution in [1.82, 2.24) is 16.0 Å². The fourth-order valence-corrected chi connectivity index (χ4v) is 8.22. The summed E-state index contributed by atoms with van der Waals surface area (Å²) in [5, 5.41) is 38.0. The van der Waals surface area contributed by atoms with Crippen LogP contribution in [0.3, 0.4) is 0 Å². The van der Waals surface area contributed by atoms with Gasteiger partial charge < -0.3 is 59.7 Å². The normalized spacial score (nSPS) is 18.1. The summed E-state index contributed by atoms with van der Waals surface area (Å²) in [6.45, 7) is -6.82. The van der Waals surface area contributed by atoms with Crippen LogP contribution in [-0.2, 0) is 28.6 Å². The van der Waals surface area contributed by atoms with Gasteiger partial charge in [0.05, 0.1) is 74.0 Å². The fourth-order valence-electron chi connectivity index (χ4n) is 8.22. The Labute approximate surface area is 453 Å². The maximum absolute atomic E-state index is 12.4. The molecular formula is C51H60F15N3O12. The number of amides is 3. The molecule has 0 aromatic heterocycles. The van der Waals surface area contributed by atoms with Gasteiger partial charge in [0.2, 0.25) is 17.7 Å². The highest BCUT2D eigenvalue weighted by Crippen LogP contribution is 2.43. The molecule has 15 nitrogen and oxygen atoms in total. The van der Waals surface area contributed by atoms with Gasteiger partial charge in [-0.25, -0.2) is 0 Å². The quantitative estimate of drug-likeness (QED) is 0.0395. The number of carbonyl (C=O) groups excluding carboxylic acids is 3. The molecule has 0 aliphatic heterocycles. The fraction of sp³-hybridized carbons (Fsp3) is 0.588. The van der Waals surface area contributed by atoms with E-state index in [-0.39, 0.29) is 53.7 Å². The number of hydrogen-bond acceptors (Lipinski definition) is 12. The van der Waals surface area contributed by atoms with Gasteiger partial charge >= 0.3 is 38.9 Å². The number of halogens is 15. The molecule has 456 valence electrons. The van der Waals surface area contributed by atoms with E-state index in [1.54, 1.807) is 0 Å². The van der Waals surface area contributed by atoms with Crippen LogP contribution < -0.4 is 30.2 Å². The molecule has 6 rings (SSSR count). The number of nitrogens with one attached hydrogen (secondary N) is 3. The lowest BCUT2D eigenvalue weighted by molar-refractivity contribution is -0.275. The molecule has 3 aromatic rings. The van der Waals surface area contributed by atoms with E-state index < -0.39 is 129 Å². The molecule has 1 unspecified atom stereocenters. The lowest BCUT2D eigenvalue weighted by Crippen LogP contribution is -2.39. The van der Waals surface area contributed by atoms with Gasteiger partial charge in [0, 0.05) is 0 Å². The molecule has 0 radical (unpaired) electrons. The van der Waals surface area contributed by atoms with Crippen LogP contribution in [0.4, 0.5) is 65.9 Å². The first kappa shape index (κ1) is 67.7. The number of carbonyl (C=O) groups is 3. The van der Waals surface area contributed by atoms with Gasteiger partial charge in [0.1, 0.15) is 17.2 Å². The maximum atomic E-state index is 12.4. The molecule has 0 bridgehead atoms. The third kappa shape index (κ3) is 26.8. The largest absolute Gasteiger partial charge is 0.573 e. The van der Waals surface area contributed by atoms with E-state index in [0.717, 1.165) is 74.9 Å². The predicted molar refractivity (Wildman–Crippen MR) is 252 cm³/mol. The Morgan fingerprint density at radius 1 is 0.444 bits per heavy atom. The highest BCUT2D eigenvalue weighted by atomic mass is 19.4. The Kier molecular flexibility index (Phi) is 24.2. The minimum Gasteiger partial charge on any atom is -0.406 e. The lowest BCUT2D eigenvalue weighted by atomic mass is 9.95. The van der Waals surface area contributed by atoms with Gasteiger partial charge in [0.15, 0.2) is 0 Å². The number of ether oxygens (including phenoxy) is 6. The lowest BCUT2D eigenvalue weighted by Gasteiger charge is -2.25. The van der Waals surface area contributed by atoms with Crippen molar-refractivity contribution < 1.29 is 124 Å². The zero-order chi connectivity index (χ0) is 60.7. The third-order valence-corrected chi connectivity index (χ3v) is 12.6. The topological polar surface area (TPSA) is 203 Å². The SMILES string of the molecule is CC(O)(CC(=O)N[C@@H](COC(F)F)c1cccc(OC(F)(F)F)c1)C1CC1.C[C@@](O)(CC(=O)N[C@@H](COC(F)F)c1cccc(OC(F)(F)F)c1)C1CC1.C[C@](O)(CC(=O)N[C@@H](COC(F)F)c1cccc(OC(F)(F)F)c1)C1CC1. The van der Waals surface area contributed by atoms with Crippen LogP contribution in [0.5, 0.6) is 17.2 Å². The average Bonchev–Trinajstić information content (AvgIpc) is 4.18. The van der Waals surface area contributed by atoms with Crippen LogP contribution >= 0.6 is 0 Å². The Bertz CT molecular complexity index is 2200. The molecule has 3 aliphatic carbocycles. The minimum atomic E-state index is -4.92. The number of benzene rings is 3. The van der Waals surface area contributed by atoms with Gasteiger partial charge in [-0.1, -0.05) is 36.4 Å². The van der Waals surface area contributed by atoms with Crippen molar-refractivity contribution in [1.29, 1.82) is 0 Å². The smallest absolute Gasteiger partial charge is 0.406 e. The first-order valence-corrected chi connectivity index (χ1v) is 24.7. The average molecular weight is 1190 g/mol. The van der Waals surface area contributed by atoms with Crippen molar-refractivity contribution in [3.63, 3.8) is 0 Å². The molecule has 0 spiro atoms. The first-order chi connectivity index (χ1) is 37.4. The second kappa shape index (κ2) is 28.9. The Balaban J connectivity index is 0.000000261. The van der Waals surface area contributed by atoms with Crippen LogP contribution in [-0.4, -0.2) is 109 Å². The maximum Gasteiger partial charge on any atom is 0.573 e. The van der Waals surface area contributed by atoms with E-state index in [9.17, 15) is 95.6 Å². The second-order valence-corrected chi connectivity index (χ2v) is 19.9. The van der Waals surface area contributed by atoms with E-state index in [1.165, 1.54) is 57.2 Å². The molecule has 3 aliphatic rings. The predicted octanol–water partition coefficient (Wildman–Crippen LogP) is 10.6. The Hall–Kier alpha value is -5.82.